The molecule has 0 atom stereocenters. The molecule has 202 valence electrons. The van der Waals surface area contributed by atoms with Crippen LogP contribution >= 0.6 is 0 Å². The third kappa shape index (κ3) is 4.19. The monoisotopic (exact) mass is 514 g/mol. The predicted octanol–water partition coefficient (Wildman–Crippen LogP) is 10.5. The van der Waals surface area contributed by atoms with Crippen molar-refractivity contribution in [3.05, 3.63) is 127 Å². The molecule has 0 fully saturated rings. The van der Waals surface area contributed by atoms with E-state index in [1.54, 1.807) is 0 Å². The summed E-state index contributed by atoms with van der Waals surface area (Å²) in [6.45, 7) is 27.8. The molecule has 1 aliphatic carbocycles. The number of rotatable bonds is 2. The Morgan fingerprint density at radius 2 is 0.769 bits per heavy atom. The highest BCUT2D eigenvalue weighted by Gasteiger charge is 2.48. The van der Waals surface area contributed by atoms with Gasteiger partial charge >= 0.3 is 0 Å². The van der Waals surface area contributed by atoms with E-state index in [9.17, 15) is 0 Å². The van der Waals surface area contributed by atoms with Gasteiger partial charge in [-0.3, -0.25) is 0 Å². The van der Waals surface area contributed by atoms with Crippen molar-refractivity contribution >= 4 is 0 Å². The Balaban J connectivity index is 2.07. The maximum absolute atomic E-state index is 2.56. The van der Waals surface area contributed by atoms with Gasteiger partial charge in [0.05, 0.1) is 5.41 Å². The summed E-state index contributed by atoms with van der Waals surface area (Å²) in [5.41, 5.74) is 19.1. The molecule has 0 heterocycles. The number of hydrogen-bond acceptors (Lipinski definition) is 0. The lowest BCUT2D eigenvalue weighted by Crippen LogP contribution is -2.32. The molecular weight excluding hydrogens is 468 g/mol. The summed E-state index contributed by atoms with van der Waals surface area (Å²) in [5, 5.41) is 0. The van der Waals surface area contributed by atoms with E-state index in [0.717, 1.165) is 0 Å². The van der Waals surface area contributed by atoms with Crippen LogP contribution in [0.1, 0.15) is 108 Å². The first-order valence-electron chi connectivity index (χ1n) is 14.5. The van der Waals surface area contributed by atoms with E-state index in [4.69, 9.17) is 0 Å². The third-order valence-corrected chi connectivity index (χ3v) is 9.02. The van der Waals surface area contributed by atoms with Gasteiger partial charge in [-0.25, -0.2) is 0 Å². The number of hydrogen-bond donors (Lipinski definition) is 0. The van der Waals surface area contributed by atoms with Crippen molar-refractivity contribution in [1.29, 1.82) is 0 Å². The zero-order valence-electron chi connectivity index (χ0n) is 26.3. The molecule has 0 saturated carbocycles. The second-order valence-corrected chi connectivity index (χ2v) is 14.3. The van der Waals surface area contributed by atoms with Crippen molar-refractivity contribution in [1.82, 2.24) is 0 Å². The second-order valence-electron chi connectivity index (χ2n) is 14.3. The van der Waals surface area contributed by atoms with E-state index < -0.39 is 5.41 Å². The van der Waals surface area contributed by atoms with Gasteiger partial charge in [-0.05, 0) is 119 Å². The Morgan fingerprint density at radius 3 is 1.10 bits per heavy atom. The van der Waals surface area contributed by atoms with Gasteiger partial charge in [0.2, 0.25) is 0 Å². The molecule has 0 aliphatic heterocycles. The molecule has 0 radical (unpaired) electrons. The zero-order valence-corrected chi connectivity index (χ0v) is 26.3. The fourth-order valence-corrected chi connectivity index (χ4v) is 7.41. The molecule has 0 aromatic heterocycles. The SMILES string of the molecule is Cc1ccc2c(c1)C(c1cc(C(C)(C)C)c(C)cc1C)(c1cc(C(C)(C)C)c(C)cc1C)c1cc(C)ccc1-2. The van der Waals surface area contributed by atoms with Crippen LogP contribution in [0.15, 0.2) is 60.7 Å². The molecule has 0 N–H and O–H groups in total. The summed E-state index contributed by atoms with van der Waals surface area (Å²) in [4.78, 5) is 0. The minimum atomic E-state index is -0.391. The number of fused-ring (bicyclic) bond motifs is 3. The minimum Gasteiger partial charge on any atom is -0.0587 e. The minimum absolute atomic E-state index is 0.0517. The first kappa shape index (κ1) is 27.4. The number of aryl methyl sites for hydroxylation is 6. The van der Waals surface area contributed by atoms with Gasteiger partial charge in [0, 0.05) is 0 Å². The van der Waals surface area contributed by atoms with Crippen LogP contribution in [0.4, 0.5) is 0 Å². The summed E-state index contributed by atoms with van der Waals surface area (Å²) in [6, 6.07) is 24.2. The van der Waals surface area contributed by atoms with E-state index in [1.807, 2.05) is 0 Å². The second kappa shape index (κ2) is 8.95. The van der Waals surface area contributed by atoms with Crippen LogP contribution in [0.5, 0.6) is 0 Å². The largest absolute Gasteiger partial charge is 0.0719 e. The maximum atomic E-state index is 2.56. The van der Waals surface area contributed by atoms with Crippen molar-refractivity contribution in [2.45, 2.75) is 99.3 Å². The molecule has 5 rings (SSSR count). The van der Waals surface area contributed by atoms with Crippen LogP contribution in [0.25, 0.3) is 11.1 Å². The predicted molar refractivity (Wildman–Crippen MR) is 170 cm³/mol. The van der Waals surface area contributed by atoms with Gasteiger partial charge in [-0.15, -0.1) is 0 Å². The van der Waals surface area contributed by atoms with Crippen LogP contribution in [0.2, 0.25) is 0 Å². The highest BCUT2D eigenvalue weighted by Crippen LogP contribution is 2.58. The molecule has 39 heavy (non-hydrogen) atoms. The van der Waals surface area contributed by atoms with Crippen LogP contribution in [0, 0.1) is 41.5 Å². The fourth-order valence-electron chi connectivity index (χ4n) is 7.41. The topological polar surface area (TPSA) is 0 Å². The average molecular weight is 515 g/mol. The molecule has 0 heteroatoms. The lowest BCUT2D eigenvalue weighted by atomic mass is 9.63. The van der Waals surface area contributed by atoms with Gasteiger partial charge < -0.3 is 0 Å². The summed E-state index contributed by atoms with van der Waals surface area (Å²) in [5.74, 6) is 0. The fraction of sp³-hybridized carbons (Fsp3) is 0.385. The van der Waals surface area contributed by atoms with Crippen LogP contribution < -0.4 is 0 Å². The molecule has 4 aromatic carbocycles. The molecule has 0 amide bonds. The zero-order chi connectivity index (χ0) is 28.7. The molecule has 0 spiro atoms. The van der Waals surface area contributed by atoms with Crippen molar-refractivity contribution in [2.24, 2.45) is 0 Å². The van der Waals surface area contributed by atoms with E-state index in [2.05, 4.69) is 144 Å². The molecular formula is C39H46. The van der Waals surface area contributed by atoms with Crippen LogP contribution in [-0.2, 0) is 16.2 Å². The van der Waals surface area contributed by atoms with E-state index in [1.165, 1.54) is 77.9 Å². The van der Waals surface area contributed by atoms with Gasteiger partial charge in [0.15, 0.2) is 0 Å². The van der Waals surface area contributed by atoms with Gasteiger partial charge in [0.1, 0.15) is 0 Å². The van der Waals surface area contributed by atoms with Gasteiger partial charge in [-0.2, -0.15) is 0 Å². The first-order valence-corrected chi connectivity index (χ1v) is 14.5. The Bertz CT molecular complexity index is 1490. The molecule has 0 bridgehead atoms. The lowest BCUT2D eigenvalue weighted by molar-refractivity contribution is 0.579. The molecule has 0 saturated heterocycles. The van der Waals surface area contributed by atoms with Gasteiger partial charge in [0.25, 0.3) is 0 Å². The van der Waals surface area contributed by atoms with Gasteiger partial charge in [-0.1, -0.05) is 113 Å². The van der Waals surface area contributed by atoms with Crippen LogP contribution in [0.3, 0.4) is 0 Å². The molecule has 0 unspecified atom stereocenters. The molecule has 0 nitrogen and oxygen atoms in total. The highest BCUT2D eigenvalue weighted by molar-refractivity contribution is 5.87. The first-order chi connectivity index (χ1) is 18.1. The Labute approximate surface area is 237 Å². The smallest absolute Gasteiger partial charge is 0.0587 e. The van der Waals surface area contributed by atoms with Crippen molar-refractivity contribution in [3.8, 4) is 11.1 Å². The maximum Gasteiger partial charge on any atom is 0.0719 e. The third-order valence-electron chi connectivity index (χ3n) is 9.02. The van der Waals surface area contributed by atoms with Crippen molar-refractivity contribution in [3.63, 3.8) is 0 Å². The summed E-state index contributed by atoms with van der Waals surface area (Å²) in [7, 11) is 0. The van der Waals surface area contributed by atoms with E-state index >= 15 is 0 Å². The Kier molecular flexibility index (Phi) is 6.30. The molecule has 1 aliphatic rings. The Morgan fingerprint density at radius 1 is 0.410 bits per heavy atom. The van der Waals surface area contributed by atoms with Crippen molar-refractivity contribution < 1.29 is 0 Å². The standard InChI is InChI=1S/C39H46/c1-23-13-15-29-30-16-14-24(2)18-36(30)39(35(29)17-23,33-21-31(37(7,8)9)25(3)19-27(33)5)34-22-32(38(10,11)12)26(4)20-28(34)6/h13-22H,1-12H3. The Hall–Kier alpha value is -3.12. The average Bonchev–Trinajstić information content (AvgIpc) is 3.06. The lowest BCUT2D eigenvalue weighted by Gasteiger charge is -2.39. The normalized spacial score (nSPS) is 14.4. The van der Waals surface area contributed by atoms with E-state index in [-0.39, 0.29) is 10.8 Å². The van der Waals surface area contributed by atoms with Crippen LogP contribution in [-0.4, -0.2) is 0 Å². The quantitative estimate of drug-likeness (QED) is 0.220. The number of benzene rings is 4. The highest BCUT2D eigenvalue weighted by atomic mass is 14.5. The van der Waals surface area contributed by atoms with E-state index in [0.29, 0.717) is 0 Å². The summed E-state index contributed by atoms with van der Waals surface area (Å²) < 4.78 is 0. The summed E-state index contributed by atoms with van der Waals surface area (Å²) >= 11 is 0. The summed E-state index contributed by atoms with van der Waals surface area (Å²) in [6.07, 6.45) is 0. The molecule has 4 aromatic rings. The van der Waals surface area contributed by atoms with Crippen molar-refractivity contribution in [2.75, 3.05) is 0 Å².